The SMILES string of the molecule is Cc1cc(O)c2c(c1)C(=O)c1cc(O[C@H]3C[C@H](O)[C@@H](CO)O3)cc(O)c1C2=O. The fourth-order valence-electron chi connectivity index (χ4n) is 3.62. The van der Waals surface area contributed by atoms with E-state index in [0.29, 0.717) is 5.56 Å². The fourth-order valence-corrected chi connectivity index (χ4v) is 3.62. The Hall–Kier alpha value is -2.94. The van der Waals surface area contributed by atoms with Crippen LogP contribution in [0.1, 0.15) is 43.8 Å². The van der Waals surface area contributed by atoms with Gasteiger partial charge in [-0.2, -0.15) is 0 Å². The number of phenolic OH excluding ortho intramolecular Hbond substituents is 2. The molecular weight excluding hydrogens is 368 g/mol. The van der Waals surface area contributed by atoms with Gasteiger partial charge < -0.3 is 29.9 Å². The second kappa shape index (κ2) is 6.59. The molecular formula is C20H18O8. The summed E-state index contributed by atoms with van der Waals surface area (Å²) in [4.78, 5) is 25.7. The molecule has 3 atom stereocenters. The van der Waals surface area contributed by atoms with Crippen molar-refractivity contribution in [3.8, 4) is 17.2 Å². The van der Waals surface area contributed by atoms with Crippen molar-refractivity contribution < 1.29 is 39.5 Å². The average Bonchev–Trinajstić information content (AvgIpc) is 2.97. The van der Waals surface area contributed by atoms with E-state index >= 15 is 0 Å². The lowest BCUT2D eigenvalue weighted by molar-refractivity contribution is -0.0932. The van der Waals surface area contributed by atoms with Gasteiger partial charge in [-0.3, -0.25) is 9.59 Å². The molecule has 0 aromatic heterocycles. The molecule has 0 unspecified atom stereocenters. The predicted molar refractivity (Wildman–Crippen MR) is 94.8 cm³/mol. The molecule has 2 aromatic rings. The van der Waals surface area contributed by atoms with Crippen LogP contribution in [0.4, 0.5) is 0 Å². The van der Waals surface area contributed by atoms with Gasteiger partial charge in [0.2, 0.25) is 12.1 Å². The highest BCUT2D eigenvalue weighted by atomic mass is 16.7. The minimum absolute atomic E-state index is 0.0465. The van der Waals surface area contributed by atoms with E-state index in [1.54, 1.807) is 6.92 Å². The highest BCUT2D eigenvalue weighted by Crippen LogP contribution is 2.39. The number of carbonyl (C=O) groups is 2. The van der Waals surface area contributed by atoms with Crippen molar-refractivity contribution in [2.45, 2.75) is 31.8 Å². The summed E-state index contributed by atoms with van der Waals surface area (Å²) in [5, 5.41) is 39.4. The van der Waals surface area contributed by atoms with Crippen LogP contribution in [0.15, 0.2) is 24.3 Å². The Morgan fingerprint density at radius 3 is 2.32 bits per heavy atom. The Kier molecular flexibility index (Phi) is 4.34. The van der Waals surface area contributed by atoms with E-state index in [2.05, 4.69) is 0 Å². The van der Waals surface area contributed by atoms with Crippen LogP contribution in [-0.4, -0.2) is 57.1 Å². The van der Waals surface area contributed by atoms with Crippen molar-refractivity contribution in [1.82, 2.24) is 0 Å². The summed E-state index contributed by atoms with van der Waals surface area (Å²) in [7, 11) is 0. The van der Waals surface area contributed by atoms with Crippen LogP contribution in [0.5, 0.6) is 17.2 Å². The Morgan fingerprint density at radius 1 is 1.04 bits per heavy atom. The molecule has 0 amide bonds. The van der Waals surface area contributed by atoms with Gasteiger partial charge in [0.15, 0.2) is 5.78 Å². The van der Waals surface area contributed by atoms with Gasteiger partial charge in [0.1, 0.15) is 23.4 Å². The molecule has 0 radical (unpaired) electrons. The minimum atomic E-state index is -0.901. The van der Waals surface area contributed by atoms with E-state index < -0.39 is 35.8 Å². The molecule has 1 fully saturated rings. The van der Waals surface area contributed by atoms with Gasteiger partial charge in [0.05, 0.1) is 23.8 Å². The number of carbonyl (C=O) groups excluding carboxylic acids is 2. The Morgan fingerprint density at radius 2 is 1.68 bits per heavy atom. The zero-order valence-electron chi connectivity index (χ0n) is 14.9. The number of ketones is 2. The van der Waals surface area contributed by atoms with Gasteiger partial charge in [-0.1, -0.05) is 0 Å². The first-order valence-corrected chi connectivity index (χ1v) is 8.71. The topological polar surface area (TPSA) is 134 Å². The third-order valence-electron chi connectivity index (χ3n) is 4.93. The molecule has 28 heavy (non-hydrogen) atoms. The third-order valence-corrected chi connectivity index (χ3v) is 4.93. The zero-order chi connectivity index (χ0) is 20.2. The monoisotopic (exact) mass is 386 g/mol. The lowest BCUT2D eigenvalue weighted by Crippen LogP contribution is -2.25. The summed E-state index contributed by atoms with van der Waals surface area (Å²) in [5.74, 6) is -1.88. The number of aliphatic hydroxyl groups is 2. The van der Waals surface area contributed by atoms with E-state index in [-0.39, 0.29) is 46.8 Å². The molecule has 8 nitrogen and oxygen atoms in total. The van der Waals surface area contributed by atoms with Gasteiger partial charge in [0.25, 0.3) is 0 Å². The molecule has 0 bridgehead atoms. The highest BCUT2D eigenvalue weighted by molar-refractivity contribution is 6.30. The number of hydrogen-bond donors (Lipinski definition) is 4. The Bertz CT molecular complexity index is 996. The van der Waals surface area contributed by atoms with Crippen molar-refractivity contribution in [1.29, 1.82) is 0 Å². The van der Waals surface area contributed by atoms with Crippen LogP contribution in [0, 0.1) is 6.92 Å². The van der Waals surface area contributed by atoms with Gasteiger partial charge in [-0.05, 0) is 30.7 Å². The lowest BCUT2D eigenvalue weighted by Gasteiger charge is -2.21. The molecule has 0 spiro atoms. The maximum atomic E-state index is 12.9. The van der Waals surface area contributed by atoms with E-state index in [9.17, 15) is 24.9 Å². The molecule has 0 saturated carbocycles. The second-order valence-corrected chi connectivity index (χ2v) is 6.94. The minimum Gasteiger partial charge on any atom is -0.507 e. The Balaban J connectivity index is 1.72. The maximum Gasteiger partial charge on any atom is 0.202 e. The van der Waals surface area contributed by atoms with Crippen LogP contribution in [0.3, 0.4) is 0 Å². The van der Waals surface area contributed by atoms with Gasteiger partial charge in [-0.25, -0.2) is 0 Å². The van der Waals surface area contributed by atoms with Gasteiger partial charge in [0, 0.05) is 23.6 Å². The summed E-state index contributed by atoms with van der Waals surface area (Å²) in [6.07, 6.45) is -2.46. The van der Waals surface area contributed by atoms with E-state index in [0.717, 1.165) is 0 Å². The van der Waals surface area contributed by atoms with Crippen molar-refractivity contribution >= 4 is 11.6 Å². The largest absolute Gasteiger partial charge is 0.507 e. The van der Waals surface area contributed by atoms with Crippen LogP contribution in [-0.2, 0) is 4.74 Å². The van der Waals surface area contributed by atoms with Gasteiger partial charge in [-0.15, -0.1) is 0 Å². The van der Waals surface area contributed by atoms with E-state index in [4.69, 9.17) is 14.6 Å². The van der Waals surface area contributed by atoms with Crippen molar-refractivity contribution in [2.75, 3.05) is 6.61 Å². The first kappa shape index (κ1) is 18.4. The smallest absolute Gasteiger partial charge is 0.202 e. The van der Waals surface area contributed by atoms with Crippen LogP contribution < -0.4 is 4.74 Å². The number of ether oxygens (including phenoxy) is 2. The molecule has 1 aliphatic carbocycles. The summed E-state index contributed by atoms with van der Waals surface area (Å²) in [6.45, 7) is 1.31. The van der Waals surface area contributed by atoms with E-state index in [1.807, 2.05) is 0 Å². The predicted octanol–water partition coefficient (Wildman–Crippen LogP) is 1.03. The zero-order valence-corrected chi connectivity index (χ0v) is 14.9. The number of hydrogen-bond acceptors (Lipinski definition) is 8. The summed E-state index contributed by atoms with van der Waals surface area (Å²) < 4.78 is 10.9. The number of phenols is 2. The lowest BCUT2D eigenvalue weighted by atomic mass is 9.82. The quantitative estimate of drug-likeness (QED) is 0.524. The Labute approximate surface area is 159 Å². The molecule has 1 aliphatic heterocycles. The number of benzene rings is 2. The molecule has 1 heterocycles. The number of aromatic hydroxyl groups is 2. The van der Waals surface area contributed by atoms with Crippen LogP contribution in [0.2, 0.25) is 0 Å². The third kappa shape index (κ3) is 2.82. The summed E-state index contributed by atoms with van der Waals surface area (Å²) >= 11 is 0. The molecule has 1 saturated heterocycles. The summed E-state index contributed by atoms with van der Waals surface area (Å²) in [5.41, 5.74) is 0.278. The number of fused-ring (bicyclic) bond motifs is 2. The fraction of sp³-hybridized carbons (Fsp3) is 0.300. The second-order valence-electron chi connectivity index (χ2n) is 6.94. The van der Waals surface area contributed by atoms with Crippen LogP contribution in [0.25, 0.3) is 0 Å². The number of aliphatic hydroxyl groups excluding tert-OH is 2. The number of aryl methyl sites for hydroxylation is 1. The molecule has 146 valence electrons. The normalized spacial score (nSPS) is 23.5. The number of rotatable bonds is 3. The molecule has 2 aliphatic rings. The van der Waals surface area contributed by atoms with Crippen molar-refractivity contribution in [3.05, 3.63) is 52.1 Å². The van der Waals surface area contributed by atoms with Crippen molar-refractivity contribution in [3.63, 3.8) is 0 Å². The highest BCUT2D eigenvalue weighted by Gasteiger charge is 2.37. The first-order chi connectivity index (χ1) is 13.3. The molecule has 2 aromatic carbocycles. The molecule has 4 rings (SSSR count). The van der Waals surface area contributed by atoms with Gasteiger partial charge >= 0.3 is 0 Å². The molecule has 4 N–H and O–H groups in total. The van der Waals surface area contributed by atoms with E-state index in [1.165, 1.54) is 24.3 Å². The summed E-state index contributed by atoms with van der Waals surface area (Å²) in [6, 6.07) is 5.37. The average molecular weight is 386 g/mol. The molecule has 8 heteroatoms. The maximum absolute atomic E-state index is 12.9. The van der Waals surface area contributed by atoms with Crippen molar-refractivity contribution in [2.24, 2.45) is 0 Å². The first-order valence-electron chi connectivity index (χ1n) is 8.71. The van der Waals surface area contributed by atoms with Crippen LogP contribution >= 0.6 is 0 Å². The standard InChI is InChI=1S/C20H18O8/c1-8-2-10-17(13(23)3-8)20(26)18-11(19(10)25)4-9(5-14(18)24)27-16-6-12(22)15(7-21)28-16/h2-5,12,15-16,21-24H,6-7H2,1H3/t12-,15+,16+/m0/s1.